The fourth-order valence-electron chi connectivity index (χ4n) is 4.17. The third-order valence-corrected chi connectivity index (χ3v) is 5.93. The average Bonchev–Trinajstić information content (AvgIpc) is 3.40. The highest BCUT2D eigenvalue weighted by Crippen LogP contribution is 2.43. The maximum atomic E-state index is 12.8. The third kappa shape index (κ3) is 3.22. The lowest BCUT2D eigenvalue weighted by Gasteiger charge is -2.39. The molecule has 0 bridgehead atoms. The zero-order chi connectivity index (χ0) is 17.4. The van der Waals surface area contributed by atoms with Crippen LogP contribution in [-0.4, -0.2) is 59.9 Å². The molecule has 6 heteroatoms. The number of aromatic nitrogens is 1. The number of hydrogen-bond acceptors (Lipinski definition) is 4. The van der Waals surface area contributed by atoms with Crippen molar-refractivity contribution in [3.05, 3.63) is 24.0 Å². The van der Waals surface area contributed by atoms with Crippen molar-refractivity contribution in [2.45, 2.75) is 32.1 Å². The van der Waals surface area contributed by atoms with Crippen molar-refractivity contribution in [3.8, 4) is 5.75 Å². The van der Waals surface area contributed by atoms with Gasteiger partial charge in [-0.25, -0.2) is 0 Å². The van der Waals surface area contributed by atoms with Crippen LogP contribution in [0.15, 0.2) is 18.5 Å². The van der Waals surface area contributed by atoms with Crippen LogP contribution in [0.25, 0.3) is 0 Å². The van der Waals surface area contributed by atoms with Crippen LogP contribution in [0.1, 0.15) is 42.5 Å². The summed E-state index contributed by atoms with van der Waals surface area (Å²) < 4.78 is 5.26. The normalized spacial score (nSPS) is 22.5. The second kappa shape index (κ2) is 6.32. The number of methoxy groups -OCH3 is 1. The molecular formula is C19H25N3O3. The largest absolute Gasteiger partial charge is 0.494 e. The van der Waals surface area contributed by atoms with E-state index >= 15 is 0 Å². The van der Waals surface area contributed by atoms with Gasteiger partial charge in [0, 0.05) is 44.2 Å². The van der Waals surface area contributed by atoms with Crippen LogP contribution in [0, 0.1) is 11.3 Å². The van der Waals surface area contributed by atoms with Crippen molar-refractivity contribution >= 4 is 11.8 Å². The zero-order valence-electron chi connectivity index (χ0n) is 14.7. The summed E-state index contributed by atoms with van der Waals surface area (Å²) in [7, 11) is 1.55. The molecule has 6 nitrogen and oxygen atoms in total. The number of likely N-dealkylation sites (tertiary alicyclic amines) is 2. The van der Waals surface area contributed by atoms with E-state index in [4.69, 9.17) is 4.74 Å². The average molecular weight is 343 g/mol. The van der Waals surface area contributed by atoms with Crippen LogP contribution in [-0.2, 0) is 4.79 Å². The lowest BCUT2D eigenvalue weighted by molar-refractivity contribution is -0.128. The van der Waals surface area contributed by atoms with E-state index < -0.39 is 0 Å². The van der Waals surface area contributed by atoms with E-state index in [9.17, 15) is 9.59 Å². The van der Waals surface area contributed by atoms with Crippen molar-refractivity contribution in [1.29, 1.82) is 0 Å². The molecule has 1 spiro atoms. The highest BCUT2D eigenvalue weighted by molar-refractivity contribution is 5.96. The van der Waals surface area contributed by atoms with Crippen LogP contribution in [0.2, 0.25) is 0 Å². The second-order valence-electron chi connectivity index (χ2n) is 7.76. The van der Waals surface area contributed by atoms with E-state index in [1.165, 1.54) is 12.8 Å². The molecule has 2 amide bonds. The Kier molecular flexibility index (Phi) is 4.13. The Morgan fingerprint density at radius 1 is 1.36 bits per heavy atom. The van der Waals surface area contributed by atoms with Gasteiger partial charge in [0.05, 0.1) is 18.9 Å². The first-order chi connectivity index (χ1) is 12.1. The van der Waals surface area contributed by atoms with Gasteiger partial charge in [0.1, 0.15) is 5.75 Å². The molecule has 1 aromatic rings. The molecule has 2 aliphatic heterocycles. The van der Waals surface area contributed by atoms with Gasteiger partial charge in [-0.3, -0.25) is 14.6 Å². The van der Waals surface area contributed by atoms with Gasteiger partial charge in [-0.2, -0.15) is 0 Å². The van der Waals surface area contributed by atoms with Gasteiger partial charge in [-0.1, -0.05) is 0 Å². The predicted molar refractivity (Wildman–Crippen MR) is 92.3 cm³/mol. The molecule has 2 saturated heterocycles. The molecule has 3 aliphatic rings. The van der Waals surface area contributed by atoms with Gasteiger partial charge in [-0.15, -0.1) is 0 Å². The molecule has 0 aromatic carbocycles. The summed E-state index contributed by atoms with van der Waals surface area (Å²) in [6.07, 6.45) is 8.19. The summed E-state index contributed by atoms with van der Waals surface area (Å²) in [5.74, 6) is 1.55. The Bertz CT molecular complexity index is 678. The van der Waals surface area contributed by atoms with Crippen LogP contribution < -0.4 is 4.74 Å². The number of hydrogen-bond donors (Lipinski definition) is 0. The SMILES string of the molecule is COc1cnccc1C(=O)N1CCC2(CC1)CC(=O)N(CC1CC1)C2. The predicted octanol–water partition coefficient (Wildman–Crippen LogP) is 1.95. The second-order valence-corrected chi connectivity index (χ2v) is 7.76. The molecule has 0 atom stereocenters. The van der Waals surface area contributed by atoms with Gasteiger partial charge in [0.25, 0.3) is 5.91 Å². The summed E-state index contributed by atoms with van der Waals surface area (Å²) >= 11 is 0. The molecule has 1 aliphatic carbocycles. The standard InChI is InChI=1S/C19H25N3O3/c1-25-16-11-20-7-4-15(16)18(24)21-8-5-19(6-9-21)10-17(23)22(13-19)12-14-2-3-14/h4,7,11,14H,2-3,5-6,8-10,12-13H2,1H3. The topological polar surface area (TPSA) is 62.7 Å². The van der Waals surface area contributed by atoms with Crippen LogP contribution in [0.4, 0.5) is 0 Å². The van der Waals surface area contributed by atoms with Crippen LogP contribution in [0.5, 0.6) is 5.75 Å². The summed E-state index contributed by atoms with van der Waals surface area (Å²) in [5.41, 5.74) is 0.636. The lowest BCUT2D eigenvalue weighted by Crippen LogP contribution is -2.44. The zero-order valence-corrected chi connectivity index (χ0v) is 14.7. The van der Waals surface area contributed by atoms with E-state index in [1.54, 1.807) is 25.6 Å². The van der Waals surface area contributed by atoms with Crippen molar-refractivity contribution < 1.29 is 14.3 Å². The fraction of sp³-hybridized carbons (Fsp3) is 0.632. The van der Waals surface area contributed by atoms with E-state index in [0.717, 1.165) is 31.8 Å². The Balaban J connectivity index is 1.39. The lowest BCUT2D eigenvalue weighted by atomic mass is 9.77. The first kappa shape index (κ1) is 16.4. The molecule has 4 rings (SSSR count). The number of rotatable bonds is 4. The monoisotopic (exact) mass is 343 g/mol. The number of amides is 2. The molecule has 0 unspecified atom stereocenters. The van der Waals surface area contributed by atoms with Gasteiger partial charge < -0.3 is 14.5 Å². The number of carbonyl (C=O) groups excluding carboxylic acids is 2. The number of piperidine rings is 1. The number of ether oxygens (including phenoxy) is 1. The van der Waals surface area contributed by atoms with Crippen molar-refractivity contribution in [1.82, 2.24) is 14.8 Å². The molecule has 3 heterocycles. The molecule has 1 saturated carbocycles. The van der Waals surface area contributed by atoms with E-state index in [2.05, 4.69) is 9.88 Å². The maximum Gasteiger partial charge on any atom is 0.257 e. The molecular weight excluding hydrogens is 318 g/mol. The molecule has 0 N–H and O–H groups in total. The Hall–Kier alpha value is -2.11. The first-order valence-corrected chi connectivity index (χ1v) is 9.15. The van der Waals surface area contributed by atoms with Crippen LogP contribution >= 0.6 is 0 Å². The van der Waals surface area contributed by atoms with Crippen molar-refractivity contribution in [3.63, 3.8) is 0 Å². The maximum absolute atomic E-state index is 12.8. The Morgan fingerprint density at radius 2 is 2.12 bits per heavy atom. The molecule has 0 radical (unpaired) electrons. The fourth-order valence-corrected chi connectivity index (χ4v) is 4.17. The number of nitrogens with zero attached hydrogens (tertiary/aromatic N) is 3. The number of carbonyl (C=O) groups is 2. The Labute approximate surface area is 148 Å². The first-order valence-electron chi connectivity index (χ1n) is 9.15. The van der Waals surface area contributed by atoms with Gasteiger partial charge in [0.2, 0.25) is 5.91 Å². The Morgan fingerprint density at radius 3 is 2.80 bits per heavy atom. The molecule has 25 heavy (non-hydrogen) atoms. The summed E-state index contributed by atoms with van der Waals surface area (Å²) in [6.45, 7) is 3.23. The van der Waals surface area contributed by atoms with Gasteiger partial charge >= 0.3 is 0 Å². The molecule has 134 valence electrons. The third-order valence-electron chi connectivity index (χ3n) is 5.93. The van der Waals surface area contributed by atoms with Crippen molar-refractivity contribution in [2.75, 3.05) is 33.3 Å². The van der Waals surface area contributed by atoms with E-state index in [-0.39, 0.29) is 11.3 Å². The minimum Gasteiger partial charge on any atom is -0.494 e. The van der Waals surface area contributed by atoms with E-state index in [1.807, 2.05) is 4.90 Å². The number of pyridine rings is 1. The summed E-state index contributed by atoms with van der Waals surface area (Å²) in [4.78, 5) is 33.1. The highest BCUT2D eigenvalue weighted by Gasteiger charge is 2.46. The molecule has 3 fully saturated rings. The molecule has 1 aromatic heterocycles. The summed E-state index contributed by atoms with van der Waals surface area (Å²) in [5, 5.41) is 0. The van der Waals surface area contributed by atoms with Gasteiger partial charge in [-0.05, 0) is 37.7 Å². The minimum atomic E-state index is -0.00624. The summed E-state index contributed by atoms with van der Waals surface area (Å²) in [6, 6.07) is 1.71. The highest BCUT2D eigenvalue weighted by atomic mass is 16.5. The quantitative estimate of drug-likeness (QED) is 0.838. The van der Waals surface area contributed by atoms with E-state index in [0.29, 0.717) is 36.7 Å². The smallest absolute Gasteiger partial charge is 0.257 e. The minimum absolute atomic E-state index is 0.00624. The van der Waals surface area contributed by atoms with Crippen molar-refractivity contribution in [2.24, 2.45) is 11.3 Å². The van der Waals surface area contributed by atoms with Crippen LogP contribution in [0.3, 0.4) is 0 Å². The van der Waals surface area contributed by atoms with Gasteiger partial charge in [0.15, 0.2) is 0 Å².